The van der Waals surface area contributed by atoms with Crippen molar-refractivity contribution in [3.05, 3.63) is 51.1 Å². The average Bonchev–Trinajstić information content (AvgIpc) is 2.92. The van der Waals surface area contributed by atoms with Crippen molar-refractivity contribution in [2.75, 3.05) is 35.0 Å². The Morgan fingerprint density at radius 2 is 1.53 bits per heavy atom. The zero-order valence-corrected chi connectivity index (χ0v) is 21.3. The van der Waals surface area contributed by atoms with E-state index in [0.29, 0.717) is 0 Å². The lowest BCUT2D eigenvalue weighted by Gasteiger charge is -2.41. The summed E-state index contributed by atoms with van der Waals surface area (Å²) in [5.74, 6) is -2.21. The van der Waals surface area contributed by atoms with Crippen LogP contribution in [-0.2, 0) is 9.47 Å². The molecule has 0 bridgehead atoms. The Labute approximate surface area is 217 Å². The van der Waals surface area contributed by atoms with Gasteiger partial charge in [-0.2, -0.15) is 0 Å². The molecule has 0 amide bonds. The molecule has 2 aromatic rings. The second-order valence-corrected chi connectivity index (χ2v) is 8.85. The summed E-state index contributed by atoms with van der Waals surface area (Å²) in [6.45, 7) is 0.808. The van der Waals surface area contributed by atoms with Gasteiger partial charge >= 0.3 is 5.97 Å². The summed E-state index contributed by atoms with van der Waals surface area (Å²) in [5, 5.41) is 40.9. The Morgan fingerprint density at radius 1 is 0.868 bits per heavy atom. The third-order valence-corrected chi connectivity index (χ3v) is 6.97. The number of aliphatic hydroxyl groups excluding tert-OH is 4. The Bertz CT molecular complexity index is 1310. The second kappa shape index (κ2) is 10.3. The molecule has 12 heteroatoms. The number of carbonyl (C=O) groups is 3. The van der Waals surface area contributed by atoms with Crippen LogP contribution in [0.3, 0.4) is 0 Å². The third-order valence-electron chi connectivity index (χ3n) is 6.97. The van der Waals surface area contributed by atoms with Crippen molar-refractivity contribution < 1.29 is 58.5 Å². The van der Waals surface area contributed by atoms with E-state index in [0.717, 1.165) is 0 Å². The van der Waals surface area contributed by atoms with Crippen molar-refractivity contribution in [2.45, 2.75) is 37.4 Å². The molecule has 4 rings (SSSR count). The SMILES string of the molecule is COC(=O)c1c(OC)cc2c(c1C)C(=O)c1c(OC)c([C@@H]3O[C@H](CO)[C@@H](O)[C@H](O)[C@H]3O)cc(OC)c1C2=O. The molecule has 1 aliphatic heterocycles. The normalized spacial score (nSPS) is 24.4. The van der Waals surface area contributed by atoms with Gasteiger partial charge in [-0.15, -0.1) is 0 Å². The lowest BCUT2D eigenvalue weighted by Crippen LogP contribution is -2.55. The number of hydrogen-bond donors (Lipinski definition) is 4. The van der Waals surface area contributed by atoms with E-state index in [2.05, 4.69) is 0 Å². The van der Waals surface area contributed by atoms with Crippen LogP contribution in [0.25, 0.3) is 0 Å². The molecule has 204 valence electrons. The monoisotopic (exact) mass is 532 g/mol. The van der Waals surface area contributed by atoms with Crippen molar-refractivity contribution in [3.63, 3.8) is 0 Å². The number of rotatable bonds is 6. The van der Waals surface area contributed by atoms with Crippen molar-refractivity contribution in [3.8, 4) is 17.2 Å². The molecule has 12 nitrogen and oxygen atoms in total. The van der Waals surface area contributed by atoms with Gasteiger partial charge in [-0.05, 0) is 24.6 Å². The first-order valence-electron chi connectivity index (χ1n) is 11.6. The summed E-state index contributed by atoms with van der Waals surface area (Å²) >= 11 is 0. The van der Waals surface area contributed by atoms with Crippen LogP contribution in [0, 0.1) is 6.92 Å². The number of fused-ring (bicyclic) bond motifs is 2. The van der Waals surface area contributed by atoms with Crippen LogP contribution in [0.15, 0.2) is 12.1 Å². The number of aliphatic hydroxyl groups is 4. The van der Waals surface area contributed by atoms with E-state index in [1.165, 1.54) is 47.5 Å². The van der Waals surface area contributed by atoms with E-state index < -0.39 is 54.7 Å². The van der Waals surface area contributed by atoms with Crippen LogP contribution < -0.4 is 14.2 Å². The number of benzene rings is 2. The Balaban J connectivity index is 2.01. The van der Waals surface area contributed by atoms with Crippen LogP contribution in [0.1, 0.15) is 59.4 Å². The molecule has 2 aromatic carbocycles. The largest absolute Gasteiger partial charge is 0.496 e. The van der Waals surface area contributed by atoms with Crippen molar-refractivity contribution in [1.82, 2.24) is 0 Å². The van der Waals surface area contributed by atoms with Crippen molar-refractivity contribution >= 4 is 17.5 Å². The summed E-state index contributed by atoms with van der Waals surface area (Å²) in [4.78, 5) is 40.3. The second-order valence-electron chi connectivity index (χ2n) is 8.85. The molecule has 0 saturated carbocycles. The lowest BCUT2D eigenvalue weighted by atomic mass is 9.78. The van der Waals surface area contributed by atoms with Gasteiger partial charge in [0.2, 0.25) is 0 Å². The van der Waals surface area contributed by atoms with Gasteiger partial charge in [0.05, 0.1) is 46.2 Å². The number of ether oxygens (including phenoxy) is 5. The maximum absolute atomic E-state index is 14.0. The van der Waals surface area contributed by atoms with Crippen LogP contribution in [-0.4, -0.2) is 97.4 Å². The molecule has 4 N–H and O–H groups in total. The van der Waals surface area contributed by atoms with E-state index in [4.69, 9.17) is 23.7 Å². The van der Waals surface area contributed by atoms with Gasteiger partial charge < -0.3 is 44.1 Å². The van der Waals surface area contributed by atoms with Gasteiger partial charge in [0.15, 0.2) is 11.6 Å². The first kappa shape index (κ1) is 27.5. The average molecular weight is 532 g/mol. The Kier molecular flexibility index (Phi) is 7.46. The number of methoxy groups -OCH3 is 4. The van der Waals surface area contributed by atoms with E-state index >= 15 is 0 Å². The molecule has 1 fully saturated rings. The minimum absolute atomic E-state index is 0.0227. The molecule has 38 heavy (non-hydrogen) atoms. The molecular weight excluding hydrogens is 504 g/mol. The predicted molar refractivity (Wildman–Crippen MR) is 128 cm³/mol. The molecule has 5 atom stereocenters. The van der Waals surface area contributed by atoms with Crippen molar-refractivity contribution in [2.24, 2.45) is 0 Å². The highest BCUT2D eigenvalue weighted by molar-refractivity contribution is 6.31. The first-order valence-corrected chi connectivity index (χ1v) is 11.6. The van der Waals surface area contributed by atoms with Gasteiger partial charge in [0.25, 0.3) is 0 Å². The Hall–Kier alpha value is -3.55. The summed E-state index contributed by atoms with van der Waals surface area (Å²) in [6.07, 6.45) is -7.62. The van der Waals surface area contributed by atoms with Crippen LogP contribution in [0.5, 0.6) is 17.2 Å². The van der Waals surface area contributed by atoms with Gasteiger partial charge in [0, 0.05) is 16.7 Å². The topological polar surface area (TPSA) is 178 Å². The standard InChI is InChI=1S/C26H28O12/c1-9-15-10(6-12(34-2)16(9)26(33)37-5)19(28)17-13(35-3)7-11(24(36-4)18(17)21(15)30)25-23(32)22(31)20(29)14(8-27)38-25/h6-7,14,20,22-23,25,27,29,31-32H,8H2,1-5H3/t14-,20-,22+,23-,25+/m1/s1. The van der Waals surface area contributed by atoms with E-state index in [1.807, 2.05) is 0 Å². The number of hydrogen-bond acceptors (Lipinski definition) is 12. The van der Waals surface area contributed by atoms with Crippen LogP contribution >= 0.6 is 0 Å². The highest BCUT2D eigenvalue weighted by Crippen LogP contribution is 2.47. The summed E-state index contributed by atoms with van der Waals surface area (Å²) < 4.78 is 26.8. The molecule has 1 heterocycles. The molecule has 0 spiro atoms. The summed E-state index contributed by atoms with van der Waals surface area (Å²) in [6, 6.07) is 2.61. The van der Waals surface area contributed by atoms with Gasteiger partial charge in [-0.25, -0.2) is 4.79 Å². The molecular formula is C26H28O12. The fourth-order valence-corrected chi connectivity index (χ4v) is 5.09. The van der Waals surface area contributed by atoms with Crippen molar-refractivity contribution in [1.29, 1.82) is 0 Å². The fraction of sp³-hybridized carbons (Fsp3) is 0.423. The van der Waals surface area contributed by atoms with Crippen LogP contribution in [0.2, 0.25) is 0 Å². The molecule has 1 saturated heterocycles. The molecule has 0 unspecified atom stereocenters. The van der Waals surface area contributed by atoms with E-state index in [-0.39, 0.29) is 56.2 Å². The maximum Gasteiger partial charge on any atom is 0.341 e. The minimum Gasteiger partial charge on any atom is -0.496 e. The Morgan fingerprint density at radius 3 is 2.08 bits per heavy atom. The number of ketones is 2. The molecule has 1 aliphatic carbocycles. The lowest BCUT2D eigenvalue weighted by molar-refractivity contribution is -0.232. The van der Waals surface area contributed by atoms with E-state index in [9.17, 15) is 34.8 Å². The molecule has 0 radical (unpaired) electrons. The first-order chi connectivity index (χ1) is 18.1. The minimum atomic E-state index is -1.70. The zero-order chi connectivity index (χ0) is 28.0. The highest BCUT2D eigenvalue weighted by atomic mass is 16.5. The van der Waals surface area contributed by atoms with Gasteiger partial charge in [0.1, 0.15) is 53.3 Å². The quantitative estimate of drug-likeness (QED) is 0.315. The summed E-state index contributed by atoms with van der Waals surface area (Å²) in [5.41, 5.74) is -0.281. The smallest absolute Gasteiger partial charge is 0.341 e. The van der Waals surface area contributed by atoms with Crippen LogP contribution in [0.4, 0.5) is 0 Å². The molecule has 2 aliphatic rings. The predicted octanol–water partition coefficient (Wildman–Crippen LogP) is 0.0977. The zero-order valence-electron chi connectivity index (χ0n) is 21.3. The van der Waals surface area contributed by atoms with E-state index in [1.54, 1.807) is 0 Å². The maximum atomic E-state index is 14.0. The van der Waals surface area contributed by atoms with Gasteiger partial charge in [-0.1, -0.05) is 0 Å². The highest BCUT2D eigenvalue weighted by Gasteiger charge is 2.47. The molecule has 0 aromatic heterocycles. The number of carbonyl (C=O) groups excluding carboxylic acids is 3. The summed E-state index contributed by atoms with van der Waals surface area (Å²) in [7, 11) is 5.00. The third kappa shape index (κ3) is 3.92. The number of esters is 1. The van der Waals surface area contributed by atoms with Gasteiger partial charge in [-0.3, -0.25) is 9.59 Å². The fourth-order valence-electron chi connectivity index (χ4n) is 5.09.